The van der Waals surface area contributed by atoms with E-state index in [0.717, 1.165) is 21.7 Å². The Morgan fingerprint density at radius 2 is 1.76 bits per heavy atom. The van der Waals surface area contributed by atoms with Gasteiger partial charge in [0.2, 0.25) is 0 Å². The average Bonchev–Trinajstić information content (AvgIpc) is 2.51. The lowest BCUT2D eigenvalue weighted by molar-refractivity contribution is 0.107. The Hall–Kier alpha value is -1.79. The fourth-order valence-corrected chi connectivity index (χ4v) is 1.99. The van der Waals surface area contributed by atoms with Crippen LogP contribution in [0.15, 0.2) is 48.5 Å². The molecule has 3 heteroatoms. The third-order valence-electron chi connectivity index (χ3n) is 2.91. The third kappa shape index (κ3) is 5.24. The summed E-state index contributed by atoms with van der Waals surface area (Å²) in [5.41, 5.74) is 3.03. The minimum atomic E-state index is 0.0982. The molecule has 0 saturated carbocycles. The van der Waals surface area contributed by atoms with Gasteiger partial charge >= 0.3 is 0 Å². The molecule has 0 bridgehead atoms. The summed E-state index contributed by atoms with van der Waals surface area (Å²) in [5.74, 6) is 5.89. The SMILES string of the molecule is OCCC#Cc1ccc(COCc2ccccc2Cl)cc1. The molecule has 2 aromatic rings. The van der Waals surface area contributed by atoms with E-state index in [1.807, 2.05) is 48.5 Å². The van der Waals surface area contributed by atoms with Crippen molar-refractivity contribution < 1.29 is 9.84 Å². The molecule has 0 aromatic heterocycles. The van der Waals surface area contributed by atoms with Crippen LogP contribution in [0.4, 0.5) is 0 Å². The van der Waals surface area contributed by atoms with Crippen molar-refractivity contribution in [1.82, 2.24) is 0 Å². The predicted molar refractivity (Wildman–Crippen MR) is 85.0 cm³/mol. The van der Waals surface area contributed by atoms with Gasteiger partial charge < -0.3 is 9.84 Å². The maximum Gasteiger partial charge on any atom is 0.0735 e. The maximum atomic E-state index is 8.67. The van der Waals surface area contributed by atoms with Crippen molar-refractivity contribution in [2.75, 3.05) is 6.61 Å². The highest BCUT2D eigenvalue weighted by Gasteiger charge is 1.99. The van der Waals surface area contributed by atoms with Gasteiger partial charge in [-0.3, -0.25) is 0 Å². The molecule has 0 radical (unpaired) electrons. The van der Waals surface area contributed by atoms with E-state index in [0.29, 0.717) is 19.6 Å². The number of benzene rings is 2. The molecule has 1 N–H and O–H groups in total. The van der Waals surface area contributed by atoms with Crippen molar-refractivity contribution in [2.45, 2.75) is 19.6 Å². The Kier molecular flexibility index (Phi) is 6.30. The minimum absolute atomic E-state index is 0.0982. The van der Waals surface area contributed by atoms with Crippen LogP contribution < -0.4 is 0 Å². The maximum absolute atomic E-state index is 8.67. The van der Waals surface area contributed by atoms with E-state index in [-0.39, 0.29) is 6.61 Å². The number of rotatable bonds is 5. The van der Waals surface area contributed by atoms with E-state index in [1.54, 1.807) is 0 Å². The minimum Gasteiger partial charge on any atom is -0.395 e. The first-order chi connectivity index (χ1) is 10.3. The van der Waals surface area contributed by atoms with Crippen LogP contribution in [0.1, 0.15) is 23.1 Å². The number of halogens is 1. The molecule has 2 nitrogen and oxygen atoms in total. The van der Waals surface area contributed by atoms with Crippen molar-refractivity contribution in [2.24, 2.45) is 0 Å². The number of hydrogen-bond donors (Lipinski definition) is 1. The first-order valence-electron chi connectivity index (χ1n) is 6.79. The van der Waals surface area contributed by atoms with Crippen molar-refractivity contribution in [3.8, 4) is 11.8 Å². The van der Waals surface area contributed by atoms with Crippen LogP contribution in [0.3, 0.4) is 0 Å². The van der Waals surface area contributed by atoms with E-state index in [1.165, 1.54) is 0 Å². The van der Waals surface area contributed by atoms with Crippen LogP contribution >= 0.6 is 11.6 Å². The highest BCUT2D eigenvalue weighted by Crippen LogP contribution is 2.16. The molecule has 0 aliphatic rings. The lowest BCUT2D eigenvalue weighted by atomic mass is 10.1. The third-order valence-corrected chi connectivity index (χ3v) is 3.28. The Bertz CT molecular complexity index is 624. The molecule has 0 fully saturated rings. The largest absolute Gasteiger partial charge is 0.395 e. The molecule has 0 saturated heterocycles. The number of aliphatic hydroxyl groups excluding tert-OH is 1. The summed E-state index contributed by atoms with van der Waals surface area (Å²) in [4.78, 5) is 0. The second kappa shape index (κ2) is 8.49. The first kappa shape index (κ1) is 15.6. The van der Waals surface area contributed by atoms with E-state index < -0.39 is 0 Å². The predicted octanol–water partition coefficient (Wildman–Crippen LogP) is 3.79. The second-order valence-corrected chi connectivity index (χ2v) is 4.96. The Morgan fingerprint density at radius 1 is 1.00 bits per heavy atom. The van der Waals surface area contributed by atoms with E-state index in [4.69, 9.17) is 21.4 Å². The van der Waals surface area contributed by atoms with Gasteiger partial charge in [0.25, 0.3) is 0 Å². The average molecular weight is 301 g/mol. The molecule has 108 valence electrons. The van der Waals surface area contributed by atoms with Crippen LogP contribution in [0.2, 0.25) is 5.02 Å². The zero-order chi connectivity index (χ0) is 14.9. The molecular formula is C18H17ClO2. The molecule has 0 heterocycles. The normalized spacial score (nSPS) is 10.0. The monoisotopic (exact) mass is 300 g/mol. The summed E-state index contributed by atoms with van der Waals surface area (Å²) in [6.45, 7) is 1.13. The molecule has 0 aliphatic heterocycles. The topological polar surface area (TPSA) is 29.5 Å². The molecule has 0 spiro atoms. The molecule has 0 unspecified atom stereocenters. The zero-order valence-electron chi connectivity index (χ0n) is 11.7. The fraction of sp³-hybridized carbons (Fsp3) is 0.222. The van der Waals surface area contributed by atoms with Gasteiger partial charge in [-0.2, -0.15) is 0 Å². The van der Waals surface area contributed by atoms with Crippen LogP contribution in [-0.4, -0.2) is 11.7 Å². The molecular weight excluding hydrogens is 284 g/mol. The summed E-state index contributed by atoms with van der Waals surface area (Å²) in [6.07, 6.45) is 0.503. The molecule has 0 amide bonds. The Balaban J connectivity index is 1.84. The van der Waals surface area contributed by atoms with Gasteiger partial charge in [-0.05, 0) is 29.3 Å². The lowest BCUT2D eigenvalue weighted by Gasteiger charge is -2.06. The summed E-state index contributed by atoms with van der Waals surface area (Å²) >= 11 is 6.07. The van der Waals surface area contributed by atoms with Gasteiger partial charge in [-0.15, -0.1) is 0 Å². The van der Waals surface area contributed by atoms with Crippen LogP contribution in [0, 0.1) is 11.8 Å². The summed E-state index contributed by atoms with van der Waals surface area (Å²) < 4.78 is 5.67. The highest BCUT2D eigenvalue weighted by molar-refractivity contribution is 6.31. The van der Waals surface area contributed by atoms with Crippen molar-refractivity contribution >= 4 is 11.6 Å². The molecule has 21 heavy (non-hydrogen) atoms. The van der Waals surface area contributed by atoms with Gasteiger partial charge in [0, 0.05) is 17.0 Å². The Morgan fingerprint density at radius 3 is 2.48 bits per heavy atom. The van der Waals surface area contributed by atoms with Crippen molar-refractivity contribution in [3.05, 3.63) is 70.2 Å². The number of ether oxygens (including phenoxy) is 1. The van der Waals surface area contributed by atoms with Crippen molar-refractivity contribution in [1.29, 1.82) is 0 Å². The standard InChI is InChI=1S/C18H17ClO2/c19-18-7-2-1-6-17(18)14-21-13-16-10-8-15(9-11-16)5-3-4-12-20/h1-2,6-11,20H,4,12-14H2. The molecule has 2 aromatic carbocycles. The summed E-state index contributed by atoms with van der Waals surface area (Å²) in [6, 6.07) is 15.6. The quantitative estimate of drug-likeness (QED) is 0.851. The van der Waals surface area contributed by atoms with E-state index in [9.17, 15) is 0 Å². The Labute approximate surface area is 130 Å². The highest BCUT2D eigenvalue weighted by atomic mass is 35.5. The first-order valence-corrected chi connectivity index (χ1v) is 7.17. The van der Waals surface area contributed by atoms with Gasteiger partial charge in [-0.25, -0.2) is 0 Å². The van der Waals surface area contributed by atoms with Crippen LogP contribution in [0.25, 0.3) is 0 Å². The van der Waals surface area contributed by atoms with Gasteiger partial charge in [0.05, 0.1) is 19.8 Å². The van der Waals surface area contributed by atoms with Crippen LogP contribution in [0.5, 0.6) is 0 Å². The van der Waals surface area contributed by atoms with E-state index in [2.05, 4.69) is 11.8 Å². The van der Waals surface area contributed by atoms with Gasteiger partial charge in [0.1, 0.15) is 0 Å². The van der Waals surface area contributed by atoms with Crippen LogP contribution in [-0.2, 0) is 18.0 Å². The zero-order valence-corrected chi connectivity index (χ0v) is 12.4. The summed E-state index contributed by atoms with van der Waals surface area (Å²) in [5, 5.41) is 9.40. The second-order valence-electron chi connectivity index (χ2n) is 4.56. The van der Waals surface area contributed by atoms with Gasteiger partial charge in [-0.1, -0.05) is 53.8 Å². The van der Waals surface area contributed by atoms with E-state index >= 15 is 0 Å². The lowest BCUT2D eigenvalue weighted by Crippen LogP contribution is -1.95. The molecule has 2 rings (SSSR count). The van der Waals surface area contributed by atoms with Crippen molar-refractivity contribution in [3.63, 3.8) is 0 Å². The smallest absolute Gasteiger partial charge is 0.0735 e. The molecule has 0 aliphatic carbocycles. The fourth-order valence-electron chi connectivity index (χ4n) is 1.80. The number of aliphatic hydroxyl groups is 1. The molecule has 0 atom stereocenters. The van der Waals surface area contributed by atoms with Gasteiger partial charge in [0.15, 0.2) is 0 Å². The number of hydrogen-bond acceptors (Lipinski definition) is 2. The summed E-state index contributed by atoms with van der Waals surface area (Å²) in [7, 11) is 0.